The first-order valence-corrected chi connectivity index (χ1v) is 8.51. The zero-order valence-corrected chi connectivity index (χ0v) is 13.4. The molecule has 6 heteroatoms. The molecule has 3 aromatic rings. The summed E-state index contributed by atoms with van der Waals surface area (Å²) in [5.74, 6) is -0.368. The van der Waals surface area contributed by atoms with Gasteiger partial charge < -0.3 is 0 Å². The van der Waals surface area contributed by atoms with Crippen molar-refractivity contribution in [3.05, 3.63) is 73.1 Å². The third-order valence-electron chi connectivity index (χ3n) is 3.77. The van der Waals surface area contributed by atoms with Crippen LogP contribution in [-0.2, 0) is 15.8 Å². The number of carbonyl (C=O) groups excluding carboxylic acids is 1. The highest BCUT2D eigenvalue weighted by Crippen LogP contribution is 2.25. The molecule has 1 unspecified atom stereocenters. The molecule has 0 radical (unpaired) electrons. The lowest BCUT2D eigenvalue weighted by molar-refractivity contribution is -0.114. The van der Waals surface area contributed by atoms with Crippen molar-refractivity contribution in [1.82, 2.24) is 14.5 Å². The molecule has 24 heavy (non-hydrogen) atoms. The highest BCUT2D eigenvalue weighted by Gasteiger charge is 2.21. The van der Waals surface area contributed by atoms with Gasteiger partial charge in [0.1, 0.15) is 0 Å². The summed E-state index contributed by atoms with van der Waals surface area (Å²) >= 11 is 0. The summed E-state index contributed by atoms with van der Waals surface area (Å²) in [4.78, 5) is 11.3. The molecule has 0 saturated heterocycles. The minimum Gasteiger partial charge on any atom is -0.269 e. The average Bonchev–Trinajstić information content (AvgIpc) is 3.22. The van der Waals surface area contributed by atoms with Crippen molar-refractivity contribution >= 4 is 21.9 Å². The maximum atomic E-state index is 11.8. The standard InChI is InChI=1S/C18H13N3O2S/c22-17-10-18(24(23)20-17)21-12-16(11-19-21)15-8-6-14(7-9-15)13-4-2-1-3-5-13/h1-12H,(H,20,22). The number of benzene rings is 2. The second kappa shape index (κ2) is 5.90. The lowest BCUT2D eigenvalue weighted by atomic mass is 10.0. The highest BCUT2D eigenvalue weighted by molar-refractivity contribution is 7.93. The molecule has 0 spiro atoms. The molecule has 118 valence electrons. The van der Waals surface area contributed by atoms with Crippen LogP contribution in [0.25, 0.3) is 27.3 Å². The number of carbonyl (C=O) groups is 1. The van der Waals surface area contributed by atoms with Crippen LogP contribution in [0.5, 0.6) is 0 Å². The van der Waals surface area contributed by atoms with Gasteiger partial charge in [0.2, 0.25) is 0 Å². The van der Waals surface area contributed by atoms with Gasteiger partial charge in [0.25, 0.3) is 5.91 Å². The molecule has 2 heterocycles. The van der Waals surface area contributed by atoms with Crippen molar-refractivity contribution in [1.29, 1.82) is 0 Å². The Kier molecular flexibility index (Phi) is 3.59. The van der Waals surface area contributed by atoms with E-state index in [1.165, 1.54) is 10.8 Å². The van der Waals surface area contributed by atoms with Crippen molar-refractivity contribution in [3.63, 3.8) is 0 Å². The van der Waals surface area contributed by atoms with E-state index in [4.69, 9.17) is 0 Å². The summed E-state index contributed by atoms with van der Waals surface area (Å²) in [5.41, 5.74) is 4.20. The quantitative estimate of drug-likeness (QED) is 0.800. The average molecular weight is 335 g/mol. The molecular formula is C18H13N3O2S. The van der Waals surface area contributed by atoms with E-state index in [9.17, 15) is 9.00 Å². The second-order valence-corrected chi connectivity index (χ2v) is 6.49. The highest BCUT2D eigenvalue weighted by atomic mass is 32.2. The third kappa shape index (κ3) is 2.68. The van der Waals surface area contributed by atoms with Gasteiger partial charge in [-0.05, 0) is 16.7 Å². The van der Waals surface area contributed by atoms with Crippen molar-refractivity contribution in [2.75, 3.05) is 0 Å². The van der Waals surface area contributed by atoms with Gasteiger partial charge in [-0.25, -0.2) is 8.89 Å². The Morgan fingerprint density at radius 2 is 1.50 bits per heavy atom. The second-order valence-electron chi connectivity index (χ2n) is 5.33. The smallest absolute Gasteiger partial charge is 0.258 e. The van der Waals surface area contributed by atoms with Crippen molar-refractivity contribution in [2.24, 2.45) is 0 Å². The number of hydrogen-bond donors (Lipinski definition) is 1. The van der Waals surface area contributed by atoms with E-state index in [1.54, 1.807) is 12.4 Å². The van der Waals surface area contributed by atoms with E-state index < -0.39 is 11.0 Å². The number of rotatable bonds is 3. The fourth-order valence-electron chi connectivity index (χ4n) is 2.57. The van der Waals surface area contributed by atoms with Gasteiger partial charge in [-0.3, -0.25) is 9.52 Å². The minimum atomic E-state index is -1.55. The predicted molar refractivity (Wildman–Crippen MR) is 93.7 cm³/mol. The van der Waals surface area contributed by atoms with Crippen molar-refractivity contribution in [2.45, 2.75) is 0 Å². The minimum absolute atomic E-state index is 0.340. The van der Waals surface area contributed by atoms with Crippen LogP contribution in [0.2, 0.25) is 0 Å². The topological polar surface area (TPSA) is 64.0 Å². The zero-order chi connectivity index (χ0) is 16.5. The largest absolute Gasteiger partial charge is 0.269 e. The molecule has 1 aromatic heterocycles. The van der Waals surface area contributed by atoms with E-state index >= 15 is 0 Å². The fourth-order valence-corrected chi connectivity index (χ4v) is 3.40. The molecular weight excluding hydrogens is 322 g/mol. The molecule has 1 N–H and O–H groups in total. The lowest BCUT2D eigenvalue weighted by Crippen LogP contribution is -2.17. The Morgan fingerprint density at radius 3 is 2.12 bits per heavy atom. The van der Waals surface area contributed by atoms with Gasteiger partial charge in [-0.15, -0.1) is 0 Å². The summed E-state index contributed by atoms with van der Waals surface area (Å²) in [6.07, 6.45) is 4.76. The van der Waals surface area contributed by atoms with Crippen molar-refractivity contribution < 1.29 is 9.00 Å². The van der Waals surface area contributed by atoms with Crippen LogP contribution in [-0.4, -0.2) is 19.9 Å². The fraction of sp³-hybridized carbons (Fsp3) is 0. The molecule has 1 aliphatic heterocycles. The SMILES string of the molecule is O=C1C=C(n2cc(-c3ccc(-c4ccccc4)cc3)cn2)S(=O)N1. The van der Waals surface area contributed by atoms with Crippen LogP contribution >= 0.6 is 0 Å². The Balaban J connectivity index is 1.62. The molecule has 0 saturated carbocycles. The maximum Gasteiger partial charge on any atom is 0.258 e. The van der Waals surface area contributed by atoms with E-state index in [0.717, 1.165) is 22.3 Å². The van der Waals surface area contributed by atoms with Crippen LogP contribution in [0, 0.1) is 0 Å². The number of nitrogens with one attached hydrogen (secondary N) is 1. The maximum absolute atomic E-state index is 11.8. The van der Waals surface area contributed by atoms with Gasteiger partial charge in [0.05, 0.1) is 6.20 Å². The molecule has 1 aliphatic rings. The van der Waals surface area contributed by atoms with Crippen molar-refractivity contribution in [3.8, 4) is 22.3 Å². The monoisotopic (exact) mass is 335 g/mol. The first-order chi connectivity index (χ1) is 11.7. The molecule has 5 nitrogen and oxygen atoms in total. The normalized spacial score (nSPS) is 16.8. The molecule has 2 aromatic carbocycles. The first-order valence-electron chi connectivity index (χ1n) is 7.36. The number of amides is 1. The molecule has 1 amide bonds. The number of aromatic nitrogens is 2. The van der Waals surface area contributed by atoms with Gasteiger partial charge in [0, 0.05) is 17.8 Å². The Hall–Kier alpha value is -2.99. The Bertz CT molecular complexity index is 959. The molecule has 4 rings (SSSR count). The summed E-state index contributed by atoms with van der Waals surface area (Å²) in [5, 5.41) is 4.54. The molecule has 0 aliphatic carbocycles. The predicted octanol–water partition coefficient (Wildman–Crippen LogP) is 2.81. The Labute approximate surface area is 141 Å². The number of nitrogens with zero attached hydrogens (tertiary/aromatic N) is 2. The number of hydrogen-bond acceptors (Lipinski definition) is 3. The van der Waals surface area contributed by atoms with Crippen LogP contribution < -0.4 is 4.72 Å². The van der Waals surface area contributed by atoms with Gasteiger partial charge in [-0.1, -0.05) is 54.6 Å². The Morgan fingerprint density at radius 1 is 0.875 bits per heavy atom. The molecule has 0 fully saturated rings. The zero-order valence-electron chi connectivity index (χ0n) is 12.5. The van der Waals surface area contributed by atoms with E-state index in [1.807, 2.05) is 30.3 Å². The van der Waals surface area contributed by atoms with E-state index in [2.05, 4.69) is 34.1 Å². The van der Waals surface area contributed by atoms with Gasteiger partial charge in [0.15, 0.2) is 16.0 Å². The van der Waals surface area contributed by atoms with Gasteiger partial charge in [-0.2, -0.15) is 5.10 Å². The van der Waals surface area contributed by atoms with Crippen LogP contribution in [0.4, 0.5) is 0 Å². The summed E-state index contributed by atoms with van der Waals surface area (Å²) in [6.45, 7) is 0. The van der Waals surface area contributed by atoms with Crippen LogP contribution in [0.3, 0.4) is 0 Å². The van der Waals surface area contributed by atoms with E-state index in [0.29, 0.717) is 5.03 Å². The van der Waals surface area contributed by atoms with Crippen LogP contribution in [0.15, 0.2) is 73.1 Å². The van der Waals surface area contributed by atoms with Gasteiger partial charge >= 0.3 is 0 Å². The lowest BCUT2D eigenvalue weighted by Gasteiger charge is -2.03. The molecule has 0 bridgehead atoms. The third-order valence-corrected chi connectivity index (χ3v) is 4.84. The first kappa shape index (κ1) is 14.6. The van der Waals surface area contributed by atoms with E-state index in [-0.39, 0.29) is 5.91 Å². The summed E-state index contributed by atoms with van der Waals surface area (Å²) < 4.78 is 15.6. The molecule has 1 atom stereocenters. The summed E-state index contributed by atoms with van der Waals surface area (Å²) in [6, 6.07) is 18.3. The summed E-state index contributed by atoms with van der Waals surface area (Å²) in [7, 11) is -1.55. The van der Waals surface area contributed by atoms with Crippen LogP contribution in [0.1, 0.15) is 0 Å².